The van der Waals surface area contributed by atoms with Crippen LogP contribution >= 0.6 is 0 Å². The van der Waals surface area contributed by atoms with Crippen molar-refractivity contribution in [2.24, 2.45) is 0 Å². The topological polar surface area (TPSA) is 69.6 Å². The Balaban J connectivity index is 1.96. The van der Waals surface area contributed by atoms with E-state index in [0.717, 1.165) is 12.8 Å². The molecule has 3 N–H and O–H groups in total. The number of carbonyl (C=O) groups is 1. The van der Waals surface area contributed by atoms with Crippen molar-refractivity contribution in [1.82, 2.24) is 5.32 Å². The molecule has 1 aliphatic rings. The quantitative estimate of drug-likeness (QED) is 0.630. The predicted molar refractivity (Wildman–Crippen MR) is 77.9 cm³/mol. The maximum absolute atomic E-state index is 10.9. The Kier molecular flexibility index (Phi) is 5.56. The van der Waals surface area contributed by atoms with Crippen LogP contribution in [0.1, 0.15) is 36.0 Å². The highest BCUT2D eigenvalue weighted by molar-refractivity contribution is 5.67. The lowest BCUT2D eigenvalue weighted by Gasteiger charge is -2.17. The van der Waals surface area contributed by atoms with E-state index in [-0.39, 0.29) is 19.1 Å². The molecule has 0 spiro atoms. The molecule has 0 heterocycles. The first-order valence-corrected chi connectivity index (χ1v) is 7.35. The molecular weight excluding hydrogens is 254 g/mol. The largest absolute Gasteiger partial charge is 0.481 e. The Morgan fingerprint density at radius 1 is 1.30 bits per heavy atom. The van der Waals surface area contributed by atoms with Gasteiger partial charge in [-0.1, -0.05) is 18.2 Å². The maximum atomic E-state index is 10.9. The van der Waals surface area contributed by atoms with Crippen molar-refractivity contribution in [3.63, 3.8) is 0 Å². The van der Waals surface area contributed by atoms with Crippen molar-refractivity contribution in [3.8, 4) is 0 Å². The van der Waals surface area contributed by atoms with Gasteiger partial charge in [0.15, 0.2) is 0 Å². The SMILES string of the molecule is O=C(O)CC(Cc1ccc2c(c1)CCC2)NCCCO. The van der Waals surface area contributed by atoms with E-state index >= 15 is 0 Å². The third kappa shape index (κ3) is 4.32. The fourth-order valence-electron chi connectivity index (χ4n) is 2.85. The number of aryl methyl sites for hydroxylation is 2. The van der Waals surface area contributed by atoms with Gasteiger partial charge in [-0.15, -0.1) is 0 Å². The van der Waals surface area contributed by atoms with Crippen molar-refractivity contribution in [2.45, 2.75) is 44.6 Å². The molecule has 1 aromatic carbocycles. The first-order valence-electron chi connectivity index (χ1n) is 7.35. The van der Waals surface area contributed by atoms with Crippen molar-refractivity contribution in [1.29, 1.82) is 0 Å². The number of aliphatic hydroxyl groups is 1. The van der Waals surface area contributed by atoms with Gasteiger partial charge in [0.05, 0.1) is 6.42 Å². The number of aliphatic carboxylic acids is 1. The van der Waals surface area contributed by atoms with Crippen molar-refractivity contribution in [2.75, 3.05) is 13.2 Å². The van der Waals surface area contributed by atoms with E-state index in [1.165, 1.54) is 29.5 Å². The highest BCUT2D eigenvalue weighted by Crippen LogP contribution is 2.23. The lowest BCUT2D eigenvalue weighted by Crippen LogP contribution is -2.34. The number of fused-ring (bicyclic) bond motifs is 1. The minimum absolute atomic E-state index is 0.0708. The molecule has 4 nitrogen and oxygen atoms in total. The zero-order valence-corrected chi connectivity index (χ0v) is 11.8. The number of nitrogens with one attached hydrogen (secondary N) is 1. The van der Waals surface area contributed by atoms with E-state index in [2.05, 4.69) is 23.5 Å². The molecule has 0 aliphatic heterocycles. The summed E-state index contributed by atoms with van der Waals surface area (Å²) in [6.07, 6.45) is 5.04. The van der Waals surface area contributed by atoms with Crippen LogP contribution in [0.15, 0.2) is 18.2 Å². The third-order valence-corrected chi connectivity index (χ3v) is 3.83. The van der Waals surface area contributed by atoms with E-state index < -0.39 is 5.97 Å². The smallest absolute Gasteiger partial charge is 0.304 e. The van der Waals surface area contributed by atoms with Crippen LogP contribution in [0.3, 0.4) is 0 Å². The zero-order valence-electron chi connectivity index (χ0n) is 11.8. The molecule has 20 heavy (non-hydrogen) atoms. The summed E-state index contributed by atoms with van der Waals surface area (Å²) in [5.74, 6) is -0.785. The van der Waals surface area contributed by atoms with Gasteiger partial charge in [-0.3, -0.25) is 4.79 Å². The van der Waals surface area contributed by atoms with Gasteiger partial charge in [-0.05, 0) is 55.3 Å². The molecule has 0 bridgehead atoms. The van der Waals surface area contributed by atoms with Crippen LogP contribution in [0, 0.1) is 0 Å². The number of rotatable bonds is 8. The molecule has 2 rings (SSSR count). The van der Waals surface area contributed by atoms with Gasteiger partial charge in [-0.2, -0.15) is 0 Å². The Hall–Kier alpha value is -1.39. The van der Waals surface area contributed by atoms with E-state index in [9.17, 15) is 4.79 Å². The number of hydrogen-bond acceptors (Lipinski definition) is 3. The Morgan fingerprint density at radius 2 is 2.10 bits per heavy atom. The molecule has 1 aliphatic carbocycles. The molecule has 110 valence electrons. The molecule has 0 saturated heterocycles. The minimum Gasteiger partial charge on any atom is -0.481 e. The van der Waals surface area contributed by atoms with Crippen molar-refractivity contribution < 1.29 is 15.0 Å². The van der Waals surface area contributed by atoms with Crippen LogP contribution < -0.4 is 5.32 Å². The second kappa shape index (κ2) is 7.41. The Bertz CT molecular complexity index is 459. The van der Waals surface area contributed by atoms with Gasteiger partial charge >= 0.3 is 5.97 Å². The summed E-state index contributed by atoms with van der Waals surface area (Å²) in [7, 11) is 0. The van der Waals surface area contributed by atoms with Crippen LogP contribution in [0.2, 0.25) is 0 Å². The third-order valence-electron chi connectivity index (χ3n) is 3.83. The van der Waals surface area contributed by atoms with E-state index in [1.54, 1.807) is 0 Å². The lowest BCUT2D eigenvalue weighted by molar-refractivity contribution is -0.137. The molecule has 4 heteroatoms. The maximum Gasteiger partial charge on any atom is 0.304 e. The van der Waals surface area contributed by atoms with Crippen LogP contribution in [0.4, 0.5) is 0 Å². The van der Waals surface area contributed by atoms with Crippen LogP contribution in [-0.2, 0) is 24.1 Å². The van der Waals surface area contributed by atoms with Gasteiger partial charge in [0.25, 0.3) is 0 Å². The van der Waals surface area contributed by atoms with E-state index in [0.29, 0.717) is 13.0 Å². The molecule has 1 aromatic rings. The molecule has 1 unspecified atom stereocenters. The molecule has 0 fully saturated rings. The summed E-state index contributed by atoms with van der Waals surface area (Å²) in [5.41, 5.74) is 4.07. The summed E-state index contributed by atoms with van der Waals surface area (Å²) in [6, 6.07) is 6.46. The molecule has 0 saturated carbocycles. The predicted octanol–water partition coefficient (Wildman–Crippen LogP) is 1.53. The highest BCUT2D eigenvalue weighted by atomic mass is 16.4. The second-order valence-electron chi connectivity index (χ2n) is 5.49. The number of hydrogen-bond donors (Lipinski definition) is 3. The molecule has 1 atom stereocenters. The first-order chi connectivity index (χ1) is 9.69. The summed E-state index contributed by atoms with van der Waals surface area (Å²) in [5, 5.41) is 21.0. The van der Waals surface area contributed by atoms with Gasteiger partial charge in [0, 0.05) is 12.6 Å². The van der Waals surface area contributed by atoms with E-state index in [1.807, 2.05) is 0 Å². The molecule has 0 radical (unpaired) electrons. The normalized spacial score (nSPS) is 15.1. The van der Waals surface area contributed by atoms with Gasteiger partial charge in [0.2, 0.25) is 0 Å². The summed E-state index contributed by atoms with van der Waals surface area (Å²) >= 11 is 0. The monoisotopic (exact) mass is 277 g/mol. The van der Waals surface area contributed by atoms with E-state index in [4.69, 9.17) is 10.2 Å². The molecular formula is C16H23NO3. The first kappa shape index (κ1) is 15.0. The zero-order chi connectivity index (χ0) is 14.4. The number of aliphatic hydroxyl groups excluding tert-OH is 1. The van der Waals surface area contributed by atoms with Crippen molar-refractivity contribution >= 4 is 5.97 Å². The van der Waals surface area contributed by atoms with Gasteiger partial charge in [0.1, 0.15) is 0 Å². The number of carboxylic acids is 1. The Morgan fingerprint density at radius 3 is 2.85 bits per heavy atom. The van der Waals surface area contributed by atoms with Gasteiger partial charge in [-0.25, -0.2) is 0 Å². The average Bonchev–Trinajstić information content (AvgIpc) is 2.85. The minimum atomic E-state index is -0.785. The second-order valence-corrected chi connectivity index (χ2v) is 5.49. The fraction of sp³-hybridized carbons (Fsp3) is 0.562. The van der Waals surface area contributed by atoms with Gasteiger partial charge < -0.3 is 15.5 Å². The van der Waals surface area contributed by atoms with Crippen LogP contribution in [-0.4, -0.2) is 35.4 Å². The van der Waals surface area contributed by atoms with Crippen LogP contribution in [0.5, 0.6) is 0 Å². The fourth-order valence-corrected chi connectivity index (χ4v) is 2.85. The van der Waals surface area contributed by atoms with Crippen molar-refractivity contribution in [3.05, 3.63) is 34.9 Å². The summed E-state index contributed by atoms with van der Waals surface area (Å²) in [4.78, 5) is 10.9. The standard InChI is InChI=1S/C16H23NO3/c18-8-2-7-17-15(11-16(19)20)10-12-5-6-13-3-1-4-14(13)9-12/h5-6,9,15,17-18H,1-4,7-8,10-11H2,(H,19,20). The van der Waals surface area contributed by atoms with Crippen LogP contribution in [0.25, 0.3) is 0 Å². The lowest BCUT2D eigenvalue weighted by atomic mass is 9.99. The average molecular weight is 277 g/mol. The highest BCUT2D eigenvalue weighted by Gasteiger charge is 2.15. The summed E-state index contributed by atoms with van der Waals surface area (Å²) in [6.45, 7) is 0.783. The Labute approximate surface area is 119 Å². The number of carboxylic acid groups (broad SMARTS) is 1. The molecule has 0 aromatic heterocycles. The summed E-state index contributed by atoms with van der Waals surface area (Å²) < 4.78 is 0. The number of benzene rings is 1. The molecule has 0 amide bonds.